The van der Waals surface area contributed by atoms with E-state index in [1.165, 1.54) is 19.0 Å². The molecule has 0 saturated carbocycles. The van der Waals surface area contributed by atoms with Gasteiger partial charge in [-0.15, -0.1) is 0 Å². The van der Waals surface area contributed by atoms with Crippen LogP contribution in [0.2, 0.25) is 0 Å². The Hall–Kier alpha value is -0.390. The van der Waals surface area contributed by atoms with Crippen molar-refractivity contribution in [2.45, 2.75) is 10.2 Å². The minimum absolute atomic E-state index is 0.847. The summed E-state index contributed by atoms with van der Waals surface area (Å²) in [6.45, 7) is 0. The van der Waals surface area contributed by atoms with Crippen LogP contribution >= 0.6 is 34.8 Å². The normalized spacial score (nSPS) is 12.9. The number of carbonyl (C=O) groups excluding carboxylic acids is 2. The van der Waals surface area contributed by atoms with E-state index >= 15 is 0 Å². The Morgan fingerprint density at radius 1 is 1.25 bits per heavy atom. The maximum Gasteiger partial charge on any atom is 0.300 e. The fourth-order valence-electron chi connectivity index (χ4n) is 0.763. The Morgan fingerprint density at radius 2 is 1.69 bits per heavy atom. The molecule has 0 atom stereocenters. The second-order valence-electron chi connectivity index (χ2n) is 3.00. The molecule has 0 rings (SSSR count). The molecule has 0 fully saturated rings. The summed E-state index contributed by atoms with van der Waals surface area (Å²) in [6, 6.07) is 0. The molecule has 0 unspecified atom stereocenters. The number of nitrogens with zero attached hydrogens (tertiary/aromatic N) is 1. The highest BCUT2D eigenvalue weighted by Gasteiger charge is 2.38. The predicted molar refractivity (Wildman–Crippen MR) is 58.1 cm³/mol. The van der Waals surface area contributed by atoms with Gasteiger partial charge in [0.05, 0.1) is 5.57 Å². The van der Waals surface area contributed by atoms with Crippen molar-refractivity contribution in [3.63, 3.8) is 0 Å². The Morgan fingerprint density at radius 3 is 1.94 bits per heavy atom. The van der Waals surface area contributed by atoms with Gasteiger partial charge in [-0.3, -0.25) is 9.59 Å². The maximum atomic E-state index is 12.2. The van der Waals surface area contributed by atoms with Crippen molar-refractivity contribution in [3.8, 4) is 0 Å². The first-order chi connectivity index (χ1) is 7.07. The zero-order chi connectivity index (χ0) is 13.1. The second kappa shape index (κ2) is 5.80. The quantitative estimate of drug-likeness (QED) is 0.345. The van der Waals surface area contributed by atoms with Gasteiger partial charge in [0.15, 0.2) is 0 Å². The average Bonchev–Trinajstić information content (AvgIpc) is 2.09. The summed E-state index contributed by atoms with van der Waals surface area (Å²) in [4.78, 5) is 23.7. The van der Waals surface area contributed by atoms with Gasteiger partial charge in [-0.2, -0.15) is 0 Å². The van der Waals surface area contributed by atoms with Crippen molar-refractivity contribution >= 4 is 46.4 Å². The van der Waals surface area contributed by atoms with Gasteiger partial charge >= 0.3 is 6.43 Å². The number of halogens is 5. The van der Waals surface area contributed by atoms with Crippen LogP contribution in [-0.4, -0.2) is 40.8 Å². The number of ketones is 2. The van der Waals surface area contributed by atoms with Crippen molar-refractivity contribution in [1.82, 2.24) is 4.90 Å². The second-order valence-corrected chi connectivity index (χ2v) is 5.28. The highest BCUT2D eigenvalue weighted by Crippen LogP contribution is 2.31. The van der Waals surface area contributed by atoms with Gasteiger partial charge in [-0.25, -0.2) is 8.78 Å². The van der Waals surface area contributed by atoms with E-state index in [0.717, 1.165) is 6.20 Å². The molecular formula is C8H8Cl3F2NO2. The Kier molecular flexibility index (Phi) is 5.65. The van der Waals surface area contributed by atoms with Crippen molar-refractivity contribution in [3.05, 3.63) is 11.8 Å². The fraction of sp³-hybridized carbons (Fsp3) is 0.500. The standard InChI is InChI=1S/C8H8Cl3F2NO2/c1-14(2)3-4(5(15)7(12)13)6(16)8(9,10)11/h3,7H,1-2H3. The van der Waals surface area contributed by atoms with E-state index in [1.54, 1.807) is 0 Å². The monoisotopic (exact) mass is 293 g/mol. The van der Waals surface area contributed by atoms with E-state index in [-0.39, 0.29) is 0 Å². The van der Waals surface area contributed by atoms with Crippen LogP contribution < -0.4 is 0 Å². The Labute approximate surface area is 106 Å². The molecule has 0 amide bonds. The third kappa shape index (κ3) is 4.63. The molecule has 0 aromatic rings. The molecule has 0 heterocycles. The van der Waals surface area contributed by atoms with Gasteiger partial charge in [0.2, 0.25) is 11.6 Å². The molecule has 0 aliphatic rings. The van der Waals surface area contributed by atoms with Crippen molar-refractivity contribution in [2.75, 3.05) is 14.1 Å². The number of hydrogen-bond donors (Lipinski definition) is 0. The Bertz CT molecular complexity index is 324. The first kappa shape index (κ1) is 15.6. The van der Waals surface area contributed by atoms with Crippen LogP contribution in [0, 0.1) is 0 Å². The van der Waals surface area contributed by atoms with Crippen molar-refractivity contribution in [1.29, 1.82) is 0 Å². The number of Topliss-reactive ketones (excluding diaryl/α,β-unsaturated/α-hetero) is 2. The van der Waals surface area contributed by atoms with Gasteiger partial charge in [0.25, 0.3) is 3.79 Å². The number of allylic oxidation sites excluding steroid dienone is 1. The van der Waals surface area contributed by atoms with Crippen LogP contribution in [0.25, 0.3) is 0 Å². The molecule has 0 spiro atoms. The first-order valence-electron chi connectivity index (χ1n) is 3.89. The van der Waals surface area contributed by atoms with Crippen LogP contribution in [0.1, 0.15) is 0 Å². The van der Waals surface area contributed by atoms with Gasteiger partial charge in [0, 0.05) is 20.3 Å². The van der Waals surface area contributed by atoms with Crippen LogP contribution in [-0.2, 0) is 9.59 Å². The number of alkyl halides is 5. The van der Waals surface area contributed by atoms with Gasteiger partial charge in [0.1, 0.15) is 0 Å². The SMILES string of the molecule is CN(C)C=C(C(=O)C(F)F)C(=O)C(Cl)(Cl)Cl. The summed E-state index contributed by atoms with van der Waals surface area (Å²) >= 11 is 15.7. The molecule has 0 aromatic carbocycles. The number of rotatable bonds is 4. The highest BCUT2D eigenvalue weighted by atomic mass is 35.6. The summed E-state index contributed by atoms with van der Waals surface area (Å²) in [5, 5.41) is 0. The lowest BCUT2D eigenvalue weighted by Crippen LogP contribution is -2.29. The van der Waals surface area contributed by atoms with E-state index < -0.39 is 27.4 Å². The molecule has 0 aliphatic heterocycles. The lowest BCUT2D eigenvalue weighted by molar-refractivity contribution is -0.128. The average molecular weight is 295 g/mol. The van der Waals surface area contributed by atoms with E-state index in [1.807, 2.05) is 0 Å². The Balaban J connectivity index is 5.29. The minimum Gasteiger partial charge on any atom is -0.383 e. The van der Waals surface area contributed by atoms with E-state index in [2.05, 4.69) is 0 Å². The molecule has 0 bridgehead atoms. The molecule has 8 heteroatoms. The smallest absolute Gasteiger partial charge is 0.300 e. The summed E-state index contributed by atoms with van der Waals surface area (Å²) in [7, 11) is 2.87. The largest absolute Gasteiger partial charge is 0.383 e. The first-order valence-corrected chi connectivity index (χ1v) is 5.03. The summed E-state index contributed by atoms with van der Waals surface area (Å²) in [5.74, 6) is -2.96. The zero-order valence-electron chi connectivity index (χ0n) is 8.31. The lowest BCUT2D eigenvalue weighted by atomic mass is 10.1. The van der Waals surface area contributed by atoms with Crippen LogP contribution in [0.5, 0.6) is 0 Å². The van der Waals surface area contributed by atoms with E-state index in [9.17, 15) is 18.4 Å². The van der Waals surface area contributed by atoms with E-state index in [0.29, 0.717) is 0 Å². The fourth-order valence-corrected chi connectivity index (χ4v) is 1.07. The summed E-state index contributed by atoms with van der Waals surface area (Å²) in [5.41, 5.74) is -0.847. The summed E-state index contributed by atoms with van der Waals surface area (Å²) < 4.78 is 21.9. The van der Waals surface area contributed by atoms with Gasteiger partial charge < -0.3 is 4.90 Å². The maximum absolute atomic E-state index is 12.2. The van der Waals surface area contributed by atoms with Crippen molar-refractivity contribution < 1.29 is 18.4 Å². The number of carbonyl (C=O) groups is 2. The lowest BCUT2D eigenvalue weighted by Gasteiger charge is -2.14. The molecule has 0 saturated heterocycles. The molecule has 0 aromatic heterocycles. The molecule has 0 radical (unpaired) electrons. The molecule has 16 heavy (non-hydrogen) atoms. The van der Waals surface area contributed by atoms with E-state index in [4.69, 9.17) is 34.8 Å². The summed E-state index contributed by atoms with van der Waals surface area (Å²) in [6.07, 6.45) is -2.44. The predicted octanol–water partition coefficient (Wildman–Crippen LogP) is 2.21. The van der Waals surface area contributed by atoms with Crippen LogP contribution in [0.3, 0.4) is 0 Å². The molecule has 0 aliphatic carbocycles. The van der Waals surface area contributed by atoms with Gasteiger partial charge in [-0.05, 0) is 0 Å². The topological polar surface area (TPSA) is 37.4 Å². The third-order valence-corrected chi connectivity index (χ3v) is 1.87. The third-order valence-electron chi connectivity index (χ3n) is 1.35. The minimum atomic E-state index is -3.33. The molecule has 0 N–H and O–H groups in total. The van der Waals surface area contributed by atoms with Crippen LogP contribution in [0.15, 0.2) is 11.8 Å². The number of hydrogen-bond acceptors (Lipinski definition) is 3. The van der Waals surface area contributed by atoms with Gasteiger partial charge in [-0.1, -0.05) is 34.8 Å². The highest BCUT2D eigenvalue weighted by molar-refractivity contribution is 6.78. The zero-order valence-corrected chi connectivity index (χ0v) is 10.6. The molecule has 92 valence electrons. The van der Waals surface area contributed by atoms with Crippen molar-refractivity contribution in [2.24, 2.45) is 0 Å². The van der Waals surface area contributed by atoms with Crippen LogP contribution in [0.4, 0.5) is 8.78 Å². The molecular weight excluding hydrogens is 286 g/mol. The molecule has 3 nitrogen and oxygen atoms in total.